The quantitative estimate of drug-likeness (QED) is 0.753. The number of sulfonamides is 1. The summed E-state index contributed by atoms with van der Waals surface area (Å²) >= 11 is 0. The third-order valence-corrected chi connectivity index (χ3v) is 5.64. The average molecular weight is 433 g/mol. The molecule has 3 rings (SSSR count). The molecule has 1 fully saturated rings. The van der Waals surface area contributed by atoms with E-state index in [2.05, 4.69) is 14.7 Å². The molecule has 9 heteroatoms. The standard InChI is InChI=1S/C21H28N4O4S/c1-15(2)29-21(26)25-12-5-9-18(24-30(3,27)28)19(25)14-16-7-4-8-17(13-16)20-22-10-6-11-23-20/h4,6-8,10-11,13,15,18-19,24H,5,9,12,14H2,1-3H3/t18-,19-/m1/s1. The maximum atomic E-state index is 12.7. The van der Waals surface area contributed by atoms with Crippen LogP contribution in [-0.4, -0.2) is 60.4 Å². The van der Waals surface area contributed by atoms with E-state index in [1.165, 1.54) is 0 Å². The van der Waals surface area contributed by atoms with Crippen LogP contribution in [0.5, 0.6) is 0 Å². The largest absolute Gasteiger partial charge is 0.447 e. The number of hydrogen-bond acceptors (Lipinski definition) is 6. The molecule has 1 saturated heterocycles. The van der Waals surface area contributed by atoms with Crippen LogP contribution in [0.4, 0.5) is 4.79 Å². The van der Waals surface area contributed by atoms with E-state index in [0.717, 1.165) is 17.4 Å². The molecule has 2 atom stereocenters. The van der Waals surface area contributed by atoms with Gasteiger partial charge in [0, 0.05) is 30.5 Å². The monoisotopic (exact) mass is 432 g/mol. The number of carbonyl (C=O) groups excluding carboxylic acids is 1. The number of carbonyl (C=O) groups is 1. The first-order valence-electron chi connectivity index (χ1n) is 10.0. The molecule has 1 N–H and O–H groups in total. The molecular formula is C21H28N4O4S. The Balaban J connectivity index is 1.89. The molecule has 162 valence electrons. The smallest absolute Gasteiger partial charge is 0.410 e. The molecule has 1 aromatic heterocycles. The lowest BCUT2D eigenvalue weighted by molar-refractivity contribution is 0.0461. The number of aromatic nitrogens is 2. The van der Waals surface area contributed by atoms with Crippen molar-refractivity contribution in [3.63, 3.8) is 0 Å². The van der Waals surface area contributed by atoms with Crippen LogP contribution in [0.1, 0.15) is 32.3 Å². The van der Waals surface area contributed by atoms with Gasteiger partial charge in [-0.2, -0.15) is 0 Å². The molecule has 0 saturated carbocycles. The van der Waals surface area contributed by atoms with Crippen LogP contribution in [0.2, 0.25) is 0 Å². The average Bonchev–Trinajstić information content (AvgIpc) is 2.68. The third-order valence-electron chi connectivity index (χ3n) is 4.91. The van der Waals surface area contributed by atoms with Gasteiger partial charge in [0.1, 0.15) is 0 Å². The fourth-order valence-corrected chi connectivity index (χ4v) is 4.57. The topological polar surface area (TPSA) is 101 Å². The van der Waals surface area contributed by atoms with Gasteiger partial charge >= 0.3 is 6.09 Å². The minimum Gasteiger partial charge on any atom is -0.447 e. The van der Waals surface area contributed by atoms with Gasteiger partial charge in [-0.05, 0) is 50.8 Å². The summed E-state index contributed by atoms with van der Waals surface area (Å²) in [5.41, 5.74) is 1.84. The van der Waals surface area contributed by atoms with Crippen LogP contribution in [0, 0.1) is 0 Å². The number of piperidine rings is 1. The van der Waals surface area contributed by atoms with Crippen LogP contribution in [0.15, 0.2) is 42.7 Å². The van der Waals surface area contributed by atoms with Crippen LogP contribution in [0.3, 0.4) is 0 Å². The molecule has 0 unspecified atom stereocenters. The van der Waals surface area contributed by atoms with E-state index in [9.17, 15) is 13.2 Å². The Morgan fingerprint density at radius 1 is 1.27 bits per heavy atom. The van der Waals surface area contributed by atoms with Gasteiger partial charge < -0.3 is 9.64 Å². The second kappa shape index (κ2) is 9.53. The summed E-state index contributed by atoms with van der Waals surface area (Å²) in [6.45, 7) is 4.12. The summed E-state index contributed by atoms with van der Waals surface area (Å²) in [6.07, 6.45) is 5.69. The molecule has 2 heterocycles. The van der Waals surface area contributed by atoms with Crippen molar-refractivity contribution in [2.24, 2.45) is 0 Å². The van der Waals surface area contributed by atoms with E-state index in [-0.39, 0.29) is 18.2 Å². The fraction of sp³-hybridized carbons (Fsp3) is 0.476. The van der Waals surface area contributed by atoms with Gasteiger partial charge in [0.15, 0.2) is 5.82 Å². The van der Waals surface area contributed by atoms with Crippen LogP contribution in [0.25, 0.3) is 11.4 Å². The Kier molecular flexibility index (Phi) is 7.04. The number of rotatable bonds is 6. The molecule has 0 aliphatic carbocycles. The van der Waals surface area contributed by atoms with Crippen LogP contribution in [-0.2, 0) is 21.2 Å². The minimum atomic E-state index is -3.42. The van der Waals surface area contributed by atoms with E-state index < -0.39 is 16.1 Å². The first-order chi connectivity index (χ1) is 14.2. The van der Waals surface area contributed by atoms with E-state index >= 15 is 0 Å². The molecule has 0 spiro atoms. The van der Waals surface area contributed by atoms with Crippen molar-refractivity contribution < 1.29 is 17.9 Å². The maximum Gasteiger partial charge on any atom is 0.410 e. The van der Waals surface area contributed by atoms with E-state index in [4.69, 9.17) is 4.74 Å². The summed E-state index contributed by atoms with van der Waals surface area (Å²) in [5.74, 6) is 0.616. The van der Waals surface area contributed by atoms with Crippen molar-refractivity contribution >= 4 is 16.1 Å². The first kappa shape index (κ1) is 22.2. The molecule has 1 aliphatic rings. The molecule has 0 bridgehead atoms. The van der Waals surface area contributed by atoms with Gasteiger partial charge in [0.2, 0.25) is 10.0 Å². The highest BCUT2D eigenvalue weighted by molar-refractivity contribution is 7.88. The number of likely N-dealkylation sites (tertiary alicyclic amines) is 1. The molecular weight excluding hydrogens is 404 g/mol. The predicted molar refractivity (Wildman–Crippen MR) is 114 cm³/mol. The lowest BCUT2D eigenvalue weighted by Gasteiger charge is -2.41. The lowest BCUT2D eigenvalue weighted by atomic mass is 9.91. The van der Waals surface area contributed by atoms with E-state index in [1.54, 1.807) is 37.2 Å². The van der Waals surface area contributed by atoms with E-state index in [1.807, 2.05) is 24.3 Å². The summed E-state index contributed by atoms with van der Waals surface area (Å²) < 4.78 is 32.0. The maximum absolute atomic E-state index is 12.7. The number of nitrogens with one attached hydrogen (secondary N) is 1. The molecule has 1 aromatic carbocycles. The summed E-state index contributed by atoms with van der Waals surface area (Å²) in [7, 11) is -3.42. The predicted octanol–water partition coefficient (Wildman–Crippen LogP) is 2.61. The first-order valence-corrected chi connectivity index (χ1v) is 11.9. The van der Waals surface area contributed by atoms with Crippen molar-refractivity contribution in [3.05, 3.63) is 48.3 Å². The van der Waals surface area contributed by atoms with Crippen LogP contribution >= 0.6 is 0 Å². The molecule has 30 heavy (non-hydrogen) atoms. The minimum absolute atomic E-state index is 0.250. The second-order valence-corrected chi connectivity index (χ2v) is 9.59. The molecule has 1 amide bonds. The van der Waals surface area contributed by atoms with Gasteiger partial charge in [-0.25, -0.2) is 27.9 Å². The SMILES string of the molecule is CC(C)OC(=O)N1CCC[C@@H](NS(C)(=O)=O)[C@H]1Cc1cccc(-c2ncccn2)c1. The normalized spacial score (nSPS) is 19.7. The lowest BCUT2D eigenvalue weighted by Crippen LogP contribution is -2.58. The third kappa shape index (κ3) is 5.99. The van der Waals surface area contributed by atoms with Crippen molar-refractivity contribution in [2.45, 2.75) is 51.3 Å². The van der Waals surface area contributed by atoms with Gasteiger partial charge in [-0.1, -0.05) is 18.2 Å². The van der Waals surface area contributed by atoms with Crippen molar-refractivity contribution in [2.75, 3.05) is 12.8 Å². The van der Waals surface area contributed by atoms with E-state index in [0.29, 0.717) is 31.6 Å². The van der Waals surface area contributed by atoms with Gasteiger partial charge in [0.05, 0.1) is 18.4 Å². The van der Waals surface area contributed by atoms with Crippen LogP contribution < -0.4 is 4.72 Å². The summed E-state index contributed by atoms with van der Waals surface area (Å²) in [6, 6.07) is 8.81. The molecule has 1 aliphatic heterocycles. The highest BCUT2D eigenvalue weighted by Gasteiger charge is 2.37. The van der Waals surface area contributed by atoms with Gasteiger partial charge in [-0.15, -0.1) is 0 Å². The molecule has 0 radical (unpaired) electrons. The Labute approximate surface area is 177 Å². The zero-order valence-electron chi connectivity index (χ0n) is 17.5. The molecule has 8 nitrogen and oxygen atoms in total. The summed E-state index contributed by atoms with van der Waals surface area (Å²) in [5, 5.41) is 0. The molecule has 2 aromatic rings. The van der Waals surface area contributed by atoms with Crippen molar-refractivity contribution in [1.29, 1.82) is 0 Å². The Hall–Kier alpha value is -2.52. The van der Waals surface area contributed by atoms with Gasteiger partial charge in [-0.3, -0.25) is 0 Å². The Morgan fingerprint density at radius 2 is 2.00 bits per heavy atom. The second-order valence-electron chi connectivity index (χ2n) is 7.81. The zero-order chi connectivity index (χ0) is 21.7. The summed E-state index contributed by atoms with van der Waals surface area (Å²) in [4.78, 5) is 22.9. The Morgan fingerprint density at radius 3 is 2.67 bits per heavy atom. The van der Waals surface area contributed by atoms with Gasteiger partial charge in [0.25, 0.3) is 0 Å². The fourth-order valence-electron chi connectivity index (χ4n) is 3.74. The number of nitrogens with zero attached hydrogens (tertiary/aromatic N) is 3. The van der Waals surface area contributed by atoms with Crippen molar-refractivity contribution in [3.8, 4) is 11.4 Å². The highest BCUT2D eigenvalue weighted by atomic mass is 32.2. The Bertz CT molecular complexity index is 966. The number of amides is 1. The number of benzene rings is 1. The van der Waals surface area contributed by atoms with Crippen molar-refractivity contribution in [1.82, 2.24) is 19.6 Å². The highest BCUT2D eigenvalue weighted by Crippen LogP contribution is 2.25. The number of ether oxygens (including phenoxy) is 1. The number of hydrogen-bond donors (Lipinski definition) is 1. The zero-order valence-corrected chi connectivity index (χ0v) is 18.3.